The number of ether oxygens (including phenoxy) is 2. The van der Waals surface area contributed by atoms with Crippen molar-refractivity contribution in [2.45, 2.75) is 75.0 Å². The van der Waals surface area contributed by atoms with Crippen LogP contribution in [0, 0.1) is 0 Å². The van der Waals surface area contributed by atoms with Crippen LogP contribution < -0.4 is 9.47 Å². The molecule has 0 amide bonds. The monoisotopic (exact) mass is 418 g/mol. The lowest BCUT2D eigenvalue weighted by molar-refractivity contribution is 0.288. The Morgan fingerprint density at radius 2 is 1.10 bits per heavy atom. The maximum Gasteiger partial charge on any atom is 0.162 e. The normalized spacial score (nSPS) is 10.8. The van der Waals surface area contributed by atoms with E-state index < -0.39 is 0 Å². The third-order valence-electron chi connectivity index (χ3n) is 4.61. The first-order chi connectivity index (χ1) is 14.1. The van der Waals surface area contributed by atoms with Crippen LogP contribution in [0.5, 0.6) is 23.0 Å². The fourth-order valence-electron chi connectivity index (χ4n) is 2.91. The van der Waals surface area contributed by atoms with Crippen molar-refractivity contribution in [3.63, 3.8) is 0 Å². The molecule has 0 saturated carbocycles. The summed E-state index contributed by atoms with van der Waals surface area (Å²) in [7, 11) is 0. The first kappa shape index (κ1) is 23.3. The maximum absolute atomic E-state index is 10.1. The molecule has 0 aromatic heterocycles. The molecule has 0 spiro atoms. The predicted molar refractivity (Wildman–Crippen MR) is 120 cm³/mol. The fraction of sp³-hybridized carbons (Fsp3) is 0.500. The molecule has 2 aromatic carbocycles. The second-order valence-corrected chi connectivity index (χ2v) is 8.33. The first-order valence-corrected chi connectivity index (χ1v) is 11.5. The van der Waals surface area contributed by atoms with Crippen LogP contribution in [0.15, 0.2) is 46.2 Å². The molecular formula is C24H34O4S. The number of aromatic hydroxyl groups is 2. The van der Waals surface area contributed by atoms with Crippen LogP contribution >= 0.6 is 11.8 Å². The van der Waals surface area contributed by atoms with Crippen LogP contribution in [0.2, 0.25) is 0 Å². The smallest absolute Gasteiger partial charge is 0.162 e. The lowest BCUT2D eigenvalue weighted by atomic mass is 10.2. The van der Waals surface area contributed by atoms with Crippen LogP contribution in [0.25, 0.3) is 0 Å². The quantitative estimate of drug-likeness (QED) is 0.319. The van der Waals surface area contributed by atoms with Gasteiger partial charge in [0.05, 0.1) is 13.2 Å². The molecule has 0 aliphatic carbocycles. The van der Waals surface area contributed by atoms with Gasteiger partial charge in [0.25, 0.3) is 0 Å². The summed E-state index contributed by atoms with van der Waals surface area (Å²) in [4.78, 5) is 1.93. The number of benzene rings is 2. The van der Waals surface area contributed by atoms with Gasteiger partial charge < -0.3 is 19.7 Å². The van der Waals surface area contributed by atoms with E-state index in [2.05, 4.69) is 13.8 Å². The van der Waals surface area contributed by atoms with E-state index in [0.717, 1.165) is 35.5 Å². The summed E-state index contributed by atoms with van der Waals surface area (Å²) < 4.78 is 11.5. The van der Waals surface area contributed by atoms with Gasteiger partial charge in [-0.1, -0.05) is 64.1 Å². The Balaban J connectivity index is 1.94. The minimum absolute atomic E-state index is 0.159. The summed E-state index contributed by atoms with van der Waals surface area (Å²) in [5.74, 6) is 1.34. The molecule has 0 atom stereocenters. The summed E-state index contributed by atoms with van der Waals surface area (Å²) in [5.41, 5.74) is 0. The molecule has 2 aromatic rings. The van der Waals surface area contributed by atoms with Crippen molar-refractivity contribution in [2.75, 3.05) is 13.2 Å². The van der Waals surface area contributed by atoms with E-state index in [1.807, 2.05) is 24.3 Å². The standard InChI is InChI=1S/C24H34O4S/c1-3-5-7-9-15-27-23-17-19(11-13-21(23)25)29-20-12-14-22(26)24(18-20)28-16-10-8-6-4-2/h11-14,17-18,25-26H,3-10,15-16H2,1-2H3. The molecular weight excluding hydrogens is 384 g/mol. The van der Waals surface area contributed by atoms with Gasteiger partial charge in [-0.25, -0.2) is 0 Å². The van der Waals surface area contributed by atoms with E-state index in [0.29, 0.717) is 24.7 Å². The summed E-state index contributed by atoms with van der Waals surface area (Å²) in [6, 6.07) is 10.8. The molecule has 0 saturated heterocycles. The Bertz CT molecular complexity index is 671. The van der Waals surface area contributed by atoms with Crippen molar-refractivity contribution in [2.24, 2.45) is 0 Å². The summed E-state index contributed by atoms with van der Waals surface area (Å²) in [6.07, 6.45) is 9.04. The van der Waals surface area contributed by atoms with Gasteiger partial charge in [0.15, 0.2) is 23.0 Å². The zero-order chi connectivity index (χ0) is 20.9. The second-order valence-electron chi connectivity index (χ2n) is 7.18. The topological polar surface area (TPSA) is 58.9 Å². The molecule has 0 heterocycles. The fourth-order valence-corrected chi connectivity index (χ4v) is 3.78. The minimum Gasteiger partial charge on any atom is -0.504 e. The van der Waals surface area contributed by atoms with Gasteiger partial charge in [0.1, 0.15) is 0 Å². The number of hydrogen-bond donors (Lipinski definition) is 2. The van der Waals surface area contributed by atoms with Crippen molar-refractivity contribution >= 4 is 11.8 Å². The molecule has 0 fully saturated rings. The van der Waals surface area contributed by atoms with Crippen LogP contribution in [0.4, 0.5) is 0 Å². The molecule has 0 unspecified atom stereocenters. The molecule has 29 heavy (non-hydrogen) atoms. The van der Waals surface area contributed by atoms with Crippen molar-refractivity contribution in [3.8, 4) is 23.0 Å². The summed E-state index contributed by atoms with van der Waals surface area (Å²) in [6.45, 7) is 5.58. The Morgan fingerprint density at radius 3 is 1.52 bits per heavy atom. The number of phenolic OH excluding ortho intramolecular Hbond substituents is 2. The highest BCUT2D eigenvalue weighted by molar-refractivity contribution is 7.99. The van der Waals surface area contributed by atoms with Crippen LogP contribution in [0.3, 0.4) is 0 Å². The lowest BCUT2D eigenvalue weighted by Crippen LogP contribution is -1.98. The third kappa shape index (κ3) is 8.48. The number of rotatable bonds is 14. The Morgan fingerprint density at radius 1 is 0.655 bits per heavy atom. The van der Waals surface area contributed by atoms with Crippen LogP contribution in [0.1, 0.15) is 65.2 Å². The van der Waals surface area contributed by atoms with E-state index >= 15 is 0 Å². The zero-order valence-corrected chi connectivity index (χ0v) is 18.5. The molecule has 160 valence electrons. The molecule has 0 aliphatic heterocycles. The zero-order valence-electron chi connectivity index (χ0n) is 17.7. The van der Waals surface area contributed by atoms with Crippen LogP contribution in [-0.2, 0) is 0 Å². The SMILES string of the molecule is CCCCCCOc1cc(Sc2ccc(O)c(OCCCCCC)c2)ccc1O. The largest absolute Gasteiger partial charge is 0.504 e. The van der Waals surface area contributed by atoms with E-state index in [-0.39, 0.29) is 11.5 Å². The molecule has 2 N–H and O–H groups in total. The molecule has 5 heteroatoms. The maximum atomic E-state index is 10.1. The minimum atomic E-state index is 0.159. The van der Waals surface area contributed by atoms with Gasteiger partial charge in [-0.05, 0) is 49.2 Å². The van der Waals surface area contributed by atoms with Crippen molar-refractivity contribution < 1.29 is 19.7 Å². The van der Waals surface area contributed by atoms with Crippen molar-refractivity contribution in [1.29, 1.82) is 0 Å². The molecule has 0 bridgehead atoms. The molecule has 0 radical (unpaired) electrons. The van der Waals surface area contributed by atoms with E-state index in [4.69, 9.17) is 9.47 Å². The van der Waals surface area contributed by atoms with Gasteiger partial charge in [-0.15, -0.1) is 0 Å². The van der Waals surface area contributed by atoms with E-state index in [1.54, 1.807) is 23.9 Å². The highest BCUT2D eigenvalue weighted by Gasteiger charge is 2.09. The third-order valence-corrected chi connectivity index (χ3v) is 5.59. The Hall–Kier alpha value is -2.01. The first-order valence-electron chi connectivity index (χ1n) is 10.7. The van der Waals surface area contributed by atoms with Gasteiger partial charge in [0.2, 0.25) is 0 Å². The summed E-state index contributed by atoms with van der Waals surface area (Å²) >= 11 is 1.55. The Kier molecular flexibility index (Phi) is 10.6. The number of hydrogen-bond acceptors (Lipinski definition) is 5. The predicted octanol–water partition coefficient (Wildman–Crippen LogP) is 7.17. The van der Waals surface area contributed by atoms with E-state index in [9.17, 15) is 10.2 Å². The average molecular weight is 419 g/mol. The van der Waals surface area contributed by atoms with Crippen molar-refractivity contribution in [3.05, 3.63) is 36.4 Å². The summed E-state index contributed by atoms with van der Waals surface area (Å²) in [5, 5.41) is 20.1. The van der Waals surface area contributed by atoms with Crippen LogP contribution in [-0.4, -0.2) is 23.4 Å². The number of phenols is 2. The highest BCUT2D eigenvalue weighted by atomic mass is 32.2. The van der Waals surface area contributed by atoms with Gasteiger partial charge >= 0.3 is 0 Å². The number of unbranched alkanes of at least 4 members (excludes halogenated alkanes) is 6. The highest BCUT2D eigenvalue weighted by Crippen LogP contribution is 2.38. The molecule has 0 aliphatic rings. The lowest BCUT2D eigenvalue weighted by Gasteiger charge is -2.12. The van der Waals surface area contributed by atoms with Crippen molar-refractivity contribution in [1.82, 2.24) is 0 Å². The van der Waals surface area contributed by atoms with E-state index in [1.165, 1.54) is 25.7 Å². The van der Waals surface area contributed by atoms with Gasteiger partial charge in [-0.3, -0.25) is 0 Å². The Labute approximate surface area is 179 Å². The van der Waals surface area contributed by atoms with Gasteiger partial charge in [-0.2, -0.15) is 0 Å². The van der Waals surface area contributed by atoms with Gasteiger partial charge in [0, 0.05) is 9.79 Å². The molecule has 4 nitrogen and oxygen atoms in total. The molecule has 2 rings (SSSR count). The average Bonchev–Trinajstić information content (AvgIpc) is 2.72. The second kappa shape index (κ2) is 13.3.